The molecular formula is C14H17F2N5O. The summed E-state index contributed by atoms with van der Waals surface area (Å²) in [6.07, 6.45) is 0.960. The van der Waals surface area contributed by atoms with Gasteiger partial charge in [0.25, 0.3) is 6.43 Å². The van der Waals surface area contributed by atoms with E-state index in [4.69, 9.17) is 0 Å². The first kappa shape index (κ1) is 14.7. The van der Waals surface area contributed by atoms with Gasteiger partial charge in [-0.3, -0.25) is 14.2 Å². The number of carbonyl (C=O) groups excluding carboxylic acids is 1. The number of halogens is 2. The van der Waals surface area contributed by atoms with Crippen LogP contribution in [0.5, 0.6) is 0 Å². The Morgan fingerprint density at radius 2 is 2.27 bits per heavy atom. The molecule has 0 aromatic carbocycles. The average molecular weight is 309 g/mol. The first-order chi connectivity index (χ1) is 10.5. The van der Waals surface area contributed by atoms with Crippen molar-refractivity contribution in [2.45, 2.75) is 38.3 Å². The Morgan fingerprint density at radius 1 is 1.50 bits per heavy atom. The molecule has 0 spiro atoms. The summed E-state index contributed by atoms with van der Waals surface area (Å²) in [5.74, 6) is -0.00288. The molecule has 2 aromatic rings. The molecule has 1 amide bonds. The van der Waals surface area contributed by atoms with Crippen LogP contribution in [0, 0.1) is 0 Å². The Kier molecular flexibility index (Phi) is 3.91. The van der Waals surface area contributed by atoms with Crippen LogP contribution in [0.2, 0.25) is 0 Å². The highest BCUT2D eigenvalue weighted by molar-refractivity contribution is 5.75. The highest BCUT2D eigenvalue weighted by atomic mass is 19.3. The van der Waals surface area contributed by atoms with Gasteiger partial charge in [-0.25, -0.2) is 8.78 Å². The molecule has 22 heavy (non-hydrogen) atoms. The van der Waals surface area contributed by atoms with Crippen LogP contribution in [0.15, 0.2) is 18.3 Å². The standard InChI is InChI=1S/C14H17F2N5O/c1-20-10(4-5-18-20)7-17-13(22)8-21-12(9-2-3-9)6-11(19-21)14(15)16/h4-6,9,14H,2-3,7-8H2,1H3,(H,17,22). The van der Waals surface area contributed by atoms with E-state index < -0.39 is 6.43 Å². The minimum absolute atomic E-state index is 0.0452. The Balaban J connectivity index is 1.64. The topological polar surface area (TPSA) is 64.7 Å². The van der Waals surface area contributed by atoms with Crippen LogP contribution in [-0.2, 0) is 24.9 Å². The number of hydrogen-bond acceptors (Lipinski definition) is 3. The lowest BCUT2D eigenvalue weighted by atomic mass is 10.2. The second-order valence-corrected chi connectivity index (χ2v) is 5.45. The molecule has 0 radical (unpaired) electrons. The third kappa shape index (κ3) is 3.15. The molecule has 0 aliphatic heterocycles. The lowest BCUT2D eigenvalue weighted by molar-refractivity contribution is -0.122. The highest BCUT2D eigenvalue weighted by Crippen LogP contribution is 2.41. The minimum atomic E-state index is -2.61. The van der Waals surface area contributed by atoms with Crippen LogP contribution in [0.3, 0.4) is 0 Å². The van der Waals surface area contributed by atoms with Crippen molar-refractivity contribution >= 4 is 5.91 Å². The zero-order valence-electron chi connectivity index (χ0n) is 12.2. The van der Waals surface area contributed by atoms with Gasteiger partial charge in [0.15, 0.2) is 0 Å². The van der Waals surface area contributed by atoms with Gasteiger partial charge in [-0.2, -0.15) is 10.2 Å². The van der Waals surface area contributed by atoms with Gasteiger partial charge in [-0.1, -0.05) is 0 Å². The van der Waals surface area contributed by atoms with Gasteiger partial charge in [0.1, 0.15) is 12.2 Å². The SMILES string of the molecule is Cn1nccc1CNC(=O)Cn1nc(C(F)F)cc1C1CC1. The van der Waals surface area contributed by atoms with Crippen molar-refractivity contribution in [3.8, 4) is 0 Å². The maximum atomic E-state index is 12.8. The van der Waals surface area contributed by atoms with Gasteiger partial charge >= 0.3 is 0 Å². The second kappa shape index (κ2) is 5.86. The minimum Gasteiger partial charge on any atom is -0.349 e. The van der Waals surface area contributed by atoms with Crippen molar-refractivity contribution < 1.29 is 13.6 Å². The highest BCUT2D eigenvalue weighted by Gasteiger charge is 2.30. The fraction of sp³-hybridized carbons (Fsp3) is 0.500. The number of alkyl halides is 2. The number of aromatic nitrogens is 4. The second-order valence-electron chi connectivity index (χ2n) is 5.45. The summed E-state index contributed by atoms with van der Waals surface area (Å²) < 4.78 is 28.6. The average Bonchev–Trinajstić information content (AvgIpc) is 3.10. The Labute approximate surface area is 126 Å². The van der Waals surface area contributed by atoms with Gasteiger partial charge < -0.3 is 5.32 Å². The third-order valence-corrected chi connectivity index (χ3v) is 3.73. The number of rotatable bonds is 6. The molecule has 1 fully saturated rings. The zero-order chi connectivity index (χ0) is 15.7. The largest absolute Gasteiger partial charge is 0.349 e. The molecule has 1 aliphatic rings. The van der Waals surface area contributed by atoms with Crippen molar-refractivity contribution in [1.82, 2.24) is 24.9 Å². The summed E-state index contributed by atoms with van der Waals surface area (Å²) >= 11 is 0. The third-order valence-electron chi connectivity index (χ3n) is 3.73. The molecule has 2 heterocycles. The lowest BCUT2D eigenvalue weighted by Gasteiger charge is -2.08. The van der Waals surface area contributed by atoms with E-state index in [0.29, 0.717) is 6.54 Å². The van der Waals surface area contributed by atoms with Crippen molar-refractivity contribution in [1.29, 1.82) is 0 Å². The first-order valence-electron chi connectivity index (χ1n) is 7.14. The van der Waals surface area contributed by atoms with Gasteiger partial charge in [0, 0.05) is 24.9 Å². The molecule has 1 N–H and O–H groups in total. The number of nitrogens with one attached hydrogen (secondary N) is 1. The summed E-state index contributed by atoms with van der Waals surface area (Å²) in [4.78, 5) is 12.0. The molecular weight excluding hydrogens is 292 g/mol. The number of aryl methyl sites for hydroxylation is 1. The van der Waals surface area contributed by atoms with E-state index in [2.05, 4.69) is 15.5 Å². The number of carbonyl (C=O) groups is 1. The van der Waals surface area contributed by atoms with E-state index in [1.54, 1.807) is 24.0 Å². The van der Waals surface area contributed by atoms with Gasteiger partial charge in [0.2, 0.25) is 5.91 Å². The number of hydrogen-bond donors (Lipinski definition) is 1. The summed E-state index contributed by atoms with van der Waals surface area (Å²) in [7, 11) is 1.79. The quantitative estimate of drug-likeness (QED) is 0.884. The van der Waals surface area contributed by atoms with E-state index in [-0.39, 0.29) is 24.1 Å². The fourth-order valence-electron chi connectivity index (χ4n) is 2.35. The number of amides is 1. The van der Waals surface area contributed by atoms with Crippen LogP contribution >= 0.6 is 0 Å². The summed E-state index contributed by atoms with van der Waals surface area (Å²) in [6.45, 7) is 0.299. The van der Waals surface area contributed by atoms with Crippen LogP contribution < -0.4 is 5.32 Å². The maximum absolute atomic E-state index is 12.8. The molecule has 0 saturated heterocycles. The van der Waals surface area contributed by atoms with Crippen LogP contribution in [0.4, 0.5) is 8.78 Å². The number of nitrogens with zero attached hydrogens (tertiary/aromatic N) is 4. The Hall–Kier alpha value is -2.25. The van der Waals surface area contributed by atoms with Gasteiger partial charge in [-0.15, -0.1) is 0 Å². The van der Waals surface area contributed by atoms with E-state index in [1.807, 2.05) is 0 Å². The predicted octanol–water partition coefficient (Wildman–Crippen LogP) is 1.75. The van der Waals surface area contributed by atoms with Crippen LogP contribution in [0.25, 0.3) is 0 Å². The molecule has 1 saturated carbocycles. The fourth-order valence-corrected chi connectivity index (χ4v) is 2.35. The molecule has 0 atom stereocenters. The Morgan fingerprint density at radius 3 is 2.86 bits per heavy atom. The molecule has 3 rings (SSSR count). The molecule has 118 valence electrons. The maximum Gasteiger partial charge on any atom is 0.282 e. The van der Waals surface area contributed by atoms with Crippen LogP contribution in [0.1, 0.15) is 42.3 Å². The first-order valence-corrected chi connectivity index (χ1v) is 7.14. The molecule has 0 bridgehead atoms. The van der Waals surface area contributed by atoms with Gasteiger partial charge in [-0.05, 0) is 25.0 Å². The van der Waals surface area contributed by atoms with Crippen molar-refractivity contribution in [3.05, 3.63) is 35.4 Å². The molecule has 2 aromatic heterocycles. The lowest BCUT2D eigenvalue weighted by Crippen LogP contribution is -2.29. The van der Waals surface area contributed by atoms with E-state index >= 15 is 0 Å². The molecule has 1 aliphatic carbocycles. The normalized spacial score (nSPS) is 14.5. The van der Waals surface area contributed by atoms with E-state index in [9.17, 15) is 13.6 Å². The summed E-state index contributed by atoms with van der Waals surface area (Å²) in [5.41, 5.74) is 1.33. The van der Waals surface area contributed by atoms with Crippen LogP contribution in [-0.4, -0.2) is 25.5 Å². The van der Waals surface area contributed by atoms with E-state index in [0.717, 1.165) is 24.2 Å². The molecule has 8 heteroatoms. The zero-order valence-corrected chi connectivity index (χ0v) is 12.2. The smallest absolute Gasteiger partial charge is 0.282 e. The van der Waals surface area contributed by atoms with Crippen molar-refractivity contribution in [2.24, 2.45) is 7.05 Å². The molecule has 0 unspecified atom stereocenters. The van der Waals surface area contributed by atoms with E-state index in [1.165, 1.54) is 10.7 Å². The van der Waals surface area contributed by atoms with Crippen molar-refractivity contribution in [2.75, 3.05) is 0 Å². The summed E-state index contributed by atoms with van der Waals surface area (Å²) in [6, 6.07) is 3.22. The monoisotopic (exact) mass is 309 g/mol. The predicted molar refractivity (Wildman–Crippen MR) is 74.2 cm³/mol. The summed E-state index contributed by atoms with van der Waals surface area (Å²) in [5, 5.41) is 10.6. The molecule has 6 nitrogen and oxygen atoms in total. The van der Waals surface area contributed by atoms with Gasteiger partial charge in [0.05, 0.1) is 12.2 Å². The van der Waals surface area contributed by atoms with Crippen molar-refractivity contribution in [3.63, 3.8) is 0 Å². The Bertz CT molecular complexity index is 675.